The monoisotopic (exact) mass is 686 g/mol. The lowest BCUT2D eigenvalue weighted by molar-refractivity contribution is 1.16. The molecule has 10 rings (SSSR count). The van der Waals surface area contributed by atoms with E-state index in [0.29, 0.717) is 16.8 Å². The molecule has 54 heavy (non-hydrogen) atoms. The van der Waals surface area contributed by atoms with E-state index in [-0.39, 0.29) is 0 Å². The molecule has 2 aromatic heterocycles. The Morgan fingerprint density at radius 1 is 0.333 bits per heavy atom. The van der Waals surface area contributed by atoms with Gasteiger partial charge < -0.3 is 9.13 Å². The molecule has 4 nitrogen and oxygen atoms in total. The summed E-state index contributed by atoms with van der Waals surface area (Å²) in [6.07, 6.45) is 0. The summed E-state index contributed by atoms with van der Waals surface area (Å²) in [7, 11) is 0. The number of hydrogen-bond acceptors (Lipinski definition) is 2. The topological polar surface area (TPSA) is 57.4 Å². The van der Waals surface area contributed by atoms with Crippen molar-refractivity contribution in [3.8, 4) is 56.9 Å². The Balaban J connectivity index is 1.22. The molecule has 0 saturated carbocycles. The van der Waals surface area contributed by atoms with Crippen LogP contribution in [0.15, 0.2) is 182 Å². The maximum Gasteiger partial charge on any atom is 0.103 e. The van der Waals surface area contributed by atoms with Gasteiger partial charge in [-0.15, -0.1) is 0 Å². The third kappa shape index (κ3) is 4.90. The first-order chi connectivity index (χ1) is 26.7. The van der Waals surface area contributed by atoms with E-state index < -0.39 is 0 Å². The fourth-order valence-electron chi connectivity index (χ4n) is 8.08. The van der Waals surface area contributed by atoms with Gasteiger partial charge in [0.1, 0.15) is 12.1 Å². The van der Waals surface area contributed by atoms with Crippen molar-refractivity contribution < 1.29 is 0 Å². The van der Waals surface area contributed by atoms with Gasteiger partial charge in [-0.25, -0.2) is 0 Å². The summed E-state index contributed by atoms with van der Waals surface area (Å²) in [5.74, 6) is 0. The normalized spacial score (nSPS) is 11.3. The zero-order valence-corrected chi connectivity index (χ0v) is 29.1. The van der Waals surface area contributed by atoms with Gasteiger partial charge in [0.15, 0.2) is 0 Å². The third-order valence-corrected chi connectivity index (χ3v) is 10.6. The van der Waals surface area contributed by atoms with Crippen molar-refractivity contribution in [3.63, 3.8) is 0 Å². The van der Waals surface area contributed by atoms with Gasteiger partial charge in [-0.2, -0.15) is 10.5 Å². The van der Waals surface area contributed by atoms with E-state index in [1.807, 2.05) is 18.2 Å². The lowest BCUT2D eigenvalue weighted by Crippen LogP contribution is -1.99. The Kier molecular flexibility index (Phi) is 7.22. The molecule has 0 N–H and O–H groups in total. The Bertz CT molecular complexity index is 3160. The molecule has 8 aromatic carbocycles. The molecule has 4 heteroatoms. The Hall–Kier alpha value is -7.66. The van der Waals surface area contributed by atoms with E-state index in [4.69, 9.17) is 0 Å². The van der Waals surface area contributed by atoms with Crippen LogP contribution in [0.4, 0.5) is 0 Å². The maximum atomic E-state index is 10.3. The van der Waals surface area contributed by atoms with E-state index in [1.165, 1.54) is 21.9 Å². The minimum Gasteiger partial charge on any atom is -0.309 e. The lowest BCUT2D eigenvalue weighted by atomic mass is 9.99. The molecule has 0 fully saturated rings. The molecule has 0 unspecified atom stereocenters. The van der Waals surface area contributed by atoms with Gasteiger partial charge in [-0.3, -0.25) is 0 Å². The average molecular weight is 687 g/mol. The molecular formula is C50H30N4. The van der Waals surface area contributed by atoms with Crippen molar-refractivity contribution in [3.05, 3.63) is 193 Å². The number of para-hydroxylation sites is 1. The highest BCUT2D eigenvalue weighted by atomic mass is 15.0. The molecule has 0 aliphatic heterocycles. The fourth-order valence-corrected chi connectivity index (χ4v) is 8.08. The number of aromatic nitrogens is 2. The Morgan fingerprint density at radius 3 is 1.37 bits per heavy atom. The zero-order valence-electron chi connectivity index (χ0n) is 29.1. The van der Waals surface area contributed by atoms with Gasteiger partial charge in [0, 0.05) is 27.2 Å². The van der Waals surface area contributed by atoms with Crippen LogP contribution < -0.4 is 0 Å². The van der Waals surface area contributed by atoms with E-state index in [0.717, 1.165) is 60.8 Å². The maximum absolute atomic E-state index is 10.3. The summed E-state index contributed by atoms with van der Waals surface area (Å²) < 4.78 is 4.49. The zero-order chi connectivity index (χ0) is 36.2. The third-order valence-electron chi connectivity index (χ3n) is 10.6. The van der Waals surface area contributed by atoms with Crippen LogP contribution in [0.5, 0.6) is 0 Å². The molecule has 0 radical (unpaired) electrons. The molecule has 250 valence electrons. The van der Waals surface area contributed by atoms with Crippen molar-refractivity contribution in [2.75, 3.05) is 0 Å². The number of rotatable bonds is 5. The van der Waals surface area contributed by atoms with Crippen LogP contribution in [0.1, 0.15) is 11.1 Å². The number of fused-ring (bicyclic) bond motifs is 6. The van der Waals surface area contributed by atoms with E-state index in [2.05, 4.69) is 179 Å². The quantitative estimate of drug-likeness (QED) is 0.181. The van der Waals surface area contributed by atoms with Crippen molar-refractivity contribution in [1.82, 2.24) is 9.13 Å². The van der Waals surface area contributed by atoms with Crippen LogP contribution in [-0.4, -0.2) is 9.13 Å². The SMILES string of the molecule is N#Cc1cccc(-n2c3ccc(-c4ccccc4)cc3c3cc(-c4ccc5c6cc(-c7ccccc7)ccc6n(-c6ccccc6)c5c4)ccc32)c1C#N. The van der Waals surface area contributed by atoms with E-state index in [9.17, 15) is 10.5 Å². The van der Waals surface area contributed by atoms with Gasteiger partial charge in [0.05, 0.1) is 38.9 Å². The van der Waals surface area contributed by atoms with Gasteiger partial charge >= 0.3 is 0 Å². The second kappa shape index (κ2) is 12.5. The Labute approximate surface area is 312 Å². The summed E-state index contributed by atoms with van der Waals surface area (Å²) in [6, 6.07) is 68.2. The van der Waals surface area contributed by atoms with Crippen LogP contribution in [0.3, 0.4) is 0 Å². The van der Waals surface area contributed by atoms with Crippen LogP contribution in [0.2, 0.25) is 0 Å². The molecule has 0 spiro atoms. The summed E-state index contributed by atoms with van der Waals surface area (Å²) in [5.41, 5.74) is 13.6. The Morgan fingerprint density at radius 2 is 0.815 bits per heavy atom. The highest BCUT2D eigenvalue weighted by molar-refractivity contribution is 6.13. The fraction of sp³-hybridized carbons (Fsp3) is 0. The predicted molar refractivity (Wildman–Crippen MR) is 221 cm³/mol. The van der Waals surface area contributed by atoms with E-state index >= 15 is 0 Å². The number of nitrogens with zero attached hydrogens (tertiary/aromatic N) is 4. The van der Waals surface area contributed by atoms with E-state index in [1.54, 1.807) is 6.07 Å². The summed E-state index contributed by atoms with van der Waals surface area (Å²) in [5, 5.41) is 24.7. The molecule has 0 atom stereocenters. The standard InChI is InChI=1S/C50H30N4/c51-31-39-15-10-18-46(45(39)32-52)54-48-25-21-36(34-13-6-2-7-14-34)28-43(48)44-29-37(22-26-49(44)54)38-19-23-41-42-27-35(33-11-4-1-5-12-33)20-24-47(42)53(50(41)30-38)40-16-8-3-9-17-40/h1-30H. The highest BCUT2D eigenvalue weighted by Gasteiger charge is 2.19. The largest absolute Gasteiger partial charge is 0.309 e. The molecule has 10 aromatic rings. The molecule has 0 aliphatic carbocycles. The van der Waals surface area contributed by atoms with Gasteiger partial charge in [0.2, 0.25) is 0 Å². The van der Waals surface area contributed by atoms with Crippen LogP contribution >= 0.6 is 0 Å². The number of hydrogen-bond donors (Lipinski definition) is 0. The summed E-state index contributed by atoms with van der Waals surface area (Å²) in [4.78, 5) is 0. The first-order valence-electron chi connectivity index (χ1n) is 18.0. The second-order valence-electron chi connectivity index (χ2n) is 13.6. The van der Waals surface area contributed by atoms with Crippen molar-refractivity contribution in [1.29, 1.82) is 10.5 Å². The molecule has 0 saturated heterocycles. The minimum atomic E-state index is 0.362. The van der Waals surface area contributed by atoms with Gasteiger partial charge in [-0.05, 0) is 100 Å². The molecular weight excluding hydrogens is 657 g/mol. The first kappa shape index (κ1) is 31.1. The molecule has 0 bridgehead atoms. The highest BCUT2D eigenvalue weighted by Crippen LogP contribution is 2.40. The second-order valence-corrected chi connectivity index (χ2v) is 13.6. The van der Waals surface area contributed by atoms with Crippen LogP contribution in [0.25, 0.3) is 88.4 Å². The van der Waals surface area contributed by atoms with Crippen LogP contribution in [-0.2, 0) is 0 Å². The minimum absolute atomic E-state index is 0.362. The lowest BCUT2D eigenvalue weighted by Gasteiger charge is -2.11. The van der Waals surface area contributed by atoms with Crippen molar-refractivity contribution in [2.45, 2.75) is 0 Å². The first-order valence-corrected chi connectivity index (χ1v) is 18.0. The van der Waals surface area contributed by atoms with Gasteiger partial charge in [0.25, 0.3) is 0 Å². The summed E-state index contributed by atoms with van der Waals surface area (Å²) >= 11 is 0. The van der Waals surface area contributed by atoms with Crippen molar-refractivity contribution >= 4 is 43.6 Å². The summed E-state index contributed by atoms with van der Waals surface area (Å²) in [6.45, 7) is 0. The number of nitriles is 2. The predicted octanol–water partition coefficient (Wildman–Crippen LogP) is 12.6. The molecule has 0 aliphatic rings. The van der Waals surface area contributed by atoms with Crippen LogP contribution in [0, 0.1) is 22.7 Å². The van der Waals surface area contributed by atoms with Crippen molar-refractivity contribution in [2.24, 2.45) is 0 Å². The average Bonchev–Trinajstić information content (AvgIpc) is 3.75. The smallest absolute Gasteiger partial charge is 0.103 e. The van der Waals surface area contributed by atoms with Gasteiger partial charge in [-0.1, -0.05) is 115 Å². The molecule has 0 amide bonds. The number of benzene rings is 8. The molecule has 2 heterocycles.